The molecule has 0 unspecified atom stereocenters. The van der Waals surface area contributed by atoms with Gasteiger partial charge in [-0.05, 0) is 26.3 Å². The number of aromatic nitrogens is 5. The molecule has 2 aromatic heterocycles. The molecule has 8 nitrogen and oxygen atoms in total. The molecule has 0 aliphatic carbocycles. The predicted molar refractivity (Wildman–Crippen MR) is 88.6 cm³/mol. The van der Waals surface area contributed by atoms with E-state index in [1.54, 1.807) is 6.20 Å². The summed E-state index contributed by atoms with van der Waals surface area (Å²) in [5.41, 5.74) is 0. The number of aliphatic hydroxyl groups is 2. The van der Waals surface area contributed by atoms with Gasteiger partial charge >= 0.3 is 0 Å². The van der Waals surface area contributed by atoms with Crippen molar-refractivity contribution in [3.8, 4) is 0 Å². The smallest absolute Gasteiger partial charge is 0.152 e. The van der Waals surface area contributed by atoms with E-state index in [9.17, 15) is 10.2 Å². The molecule has 1 aliphatic heterocycles. The van der Waals surface area contributed by atoms with E-state index in [1.165, 1.54) is 0 Å². The molecule has 2 N–H and O–H groups in total. The molecule has 1 fully saturated rings. The van der Waals surface area contributed by atoms with E-state index in [2.05, 4.69) is 29.2 Å². The summed E-state index contributed by atoms with van der Waals surface area (Å²) in [7, 11) is 2.01. The zero-order valence-corrected chi connectivity index (χ0v) is 14.3. The number of rotatable bonds is 6. The minimum atomic E-state index is -0.186. The molecule has 0 aromatic carbocycles. The maximum atomic E-state index is 9.42. The zero-order valence-electron chi connectivity index (χ0n) is 14.3. The highest BCUT2D eigenvalue weighted by molar-refractivity contribution is 5.05. The van der Waals surface area contributed by atoms with Crippen LogP contribution in [0.5, 0.6) is 0 Å². The van der Waals surface area contributed by atoms with E-state index >= 15 is 0 Å². The average molecular weight is 334 g/mol. The molecule has 0 bridgehead atoms. The van der Waals surface area contributed by atoms with Gasteiger partial charge in [0.25, 0.3) is 0 Å². The minimum absolute atomic E-state index is 0.0206. The lowest BCUT2D eigenvalue weighted by Crippen LogP contribution is -2.46. The van der Waals surface area contributed by atoms with E-state index < -0.39 is 0 Å². The van der Waals surface area contributed by atoms with E-state index in [-0.39, 0.29) is 25.2 Å². The third-order valence-electron chi connectivity index (χ3n) is 4.99. The summed E-state index contributed by atoms with van der Waals surface area (Å²) in [6, 6.07) is -0.186. The van der Waals surface area contributed by atoms with Gasteiger partial charge in [0.1, 0.15) is 11.6 Å². The number of imidazole rings is 1. The van der Waals surface area contributed by atoms with E-state index in [0.29, 0.717) is 6.54 Å². The maximum Gasteiger partial charge on any atom is 0.152 e. The van der Waals surface area contributed by atoms with Crippen molar-refractivity contribution in [2.45, 2.75) is 38.3 Å². The van der Waals surface area contributed by atoms with Crippen LogP contribution in [0.4, 0.5) is 0 Å². The highest BCUT2D eigenvalue weighted by Crippen LogP contribution is 2.27. The van der Waals surface area contributed by atoms with Crippen molar-refractivity contribution in [3.05, 3.63) is 29.9 Å². The third-order valence-corrected chi connectivity index (χ3v) is 4.99. The number of hydrogen-bond donors (Lipinski definition) is 2. The topological polar surface area (TPSA) is 92.2 Å². The largest absolute Gasteiger partial charge is 0.395 e. The Morgan fingerprint density at radius 1 is 1.29 bits per heavy atom. The first-order valence-electron chi connectivity index (χ1n) is 8.45. The van der Waals surface area contributed by atoms with Crippen molar-refractivity contribution < 1.29 is 10.2 Å². The molecular formula is C16H26N6O2. The first kappa shape index (κ1) is 17.1. The number of likely N-dealkylation sites (tertiary alicyclic amines) is 1. The van der Waals surface area contributed by atoms with Crippen molar-refractivity contribution in [3.63, 3.8) is 0 Å². The van der Waals surface area contributed by atoms with Crippen LogP contribution in [0.15, 0.2) is 12.4 Å². The Hall–Kier alpha value is -1.77. The maximum absolute atomic E-state index is 9.42. The number of aliphatic hydroxyl groups excluding tert-OH is 2. The Kier molecular flexibility index (Phi) is 5.27. The molecule has 2 aromatic rings. The van der Waals surface area contributed by atoms with Crippen molar-refractivity contribution >= 4 is 0 Å². The van der Waals surface area contributed by atoms with Gasteiger partial charge in [0, 0.05) is 31.9 Å². The fourth-order valence-electron chi connectivity index (χ4n) is 3.43. The van der Waals surface area contributed by atoms with Crippen LogP contribution in [0, 0.1) is 6.92 Å². The number of nitrogens with zero attached hydrogens (tertiary/aromatic N) is 6. The number of hydrogen-bond acceptors (Lipinski definition) is 6. The van der Waals surface area contributed by atoms with E-state index in [4.69, 9.17) is 0 Å². The monoisotopic (exact) mass is 334 g/mol. The number of piperidine rings is 1. The van der Waals surface area contributed by atoms with Crippen LogP contribution < -0.4 is 0 Å². The standard InChI is InChI=1S/C16H26N6O2/c1-12-17-5-7-21(12)9-15-18-19-16(20(15)2)13-4-3-6-22(8-13)14(10-23)11-24/h5,7,13-14,23-24H,3-4,6,8-11H2,1-2H3/t13-/m0/s1. The van der Waals surface area contributed by atoms with Gasteiger partial charge in [0.05, 0.1) is 25.8 Å². The molecule has 0 saturated carbocycles. The molecular weight excluding hydrogens is 308 g/mol. The Morgan fingerprint density at radius 2 is 2.08 bits per heavy atom. The molecule has 132 valence electrons. The Bertz CT molecular complexity index is 663. The summed E-state index contributed by atoms with van der Waals surface area (Å²) < 4.78 is 4.12. The van der Waals surface area contributed by atoms with Crippen LogP contribution in [0.1, 0.15) is 36.2 Å². The molecule has 0 spiro atoms. The molecule has 3 rings (SSSR count). The van der Waals surface area contributed by atoms with Crippen LogP contribution in [0.25, 0.3) is 0 Å². The van der Waals surface area contributed by atoms with Gasteiger partial charge in [-0.2, -0.15) is 0 Å². The highest BCUT2D eigenvalue weighted by Gasteiger charge is 2.29. The van der Waals surface area contributed by atoms with E-state index in [1.807, 2.05) is 20.2 Å². The first-order valence-corrected chi connectivity index (χ1v) is 8.45. The lowest BCUT2D eigenvalue weighted by atomic mass is 9.96. The lowest BCUT2D eigenvalue weighted by Gasteiger charge is -2.36. The van der Waals surface area contributed by atoms with Gasteiger partial charge < -0.3 is 19.3 Å². The van der Waals surface area contributed by atoms with Gasteiger partial charge in [0.15, 0.2) is 5.82 Å². The Balaban J connectivity index is 1.74. The van der Waals surface area contributed by atoms with Crippen molar-refractivity contribution in [2.75, 3.05) is 26.3 Å². The van der Waals surface area contributed by atoms with Crippen LogP contribution >= 0.6 is 0 Å². The molecule has 1 saturated heterocycles. The van der Waals surface area contributed by atoms with Gasteiger partial charge in [-0.3, -0.25) is 4.90 Å². The second kappa shape index (κ2) is 7.42. The van der Waals surface area contributed by atoms with Crippen molar-refractivity contribution in [2.24, 2.45) is 7.05 Å². The fraction of sp³-hybridized carbons (Fsp3) is 0.688. The van der Waals surface area contributed by atoms with Crippen LogP contribution in [-0.4, -0.2) is 71.8 Å². The fourth-order valence-corrected chi connectivity index (χ4v) is 3.43. The summed E-state index contributed by atoms with van der Waals surface area (Å²) in [4.78, 5) is 6.39. The average Bonchev–Trinajstić information content (AvgIpc) is 3.16. The molecule has 8 heteroatoms. The molecule has 3 heterocycles. The van der Waals surface area contributed by atoms with Crippen molar-refractivity contribution in [1.29, 1.82) is 0 Å². The summed E-state index contributed by atoms with van der Waals surface area (Å²) in [5.74, 6) is 3.11. The van der Waals surface area contributed by atoms with Gasteiger partial charge in [0.2, 0.25) is 0 Å². The third kappa shape index (κ3) is 3.35. The minimum Gasteiger partial charge on any atom is -0.395 e. The SMILES string of the molecule is Cc1nccn1Cc1nnc([C@H]2CCCN(C(CO)CO)C2)n1C. The van der Waals surface area contributed by atoms with Crippen molar-refractivity contribution in [1.82, 2.24) is 29.2 Å². The summed E-state index contributed by atoms with van der Waals surface area (Å²) >= 11 is 0. The summed E-state index contributed by atoms with van der Waals surface area (Å²) in [6.45, 7) is 4.28. The van der Waals surface area contributed by atoms with E-state index in [0.717, 1.165) is 43.4 Å². The predicted octanol–water partition coefficient (Wildman–Crippen LogP) is -0.0991. The van der Waals surface area contributed by atoms with Gasteiger partial charge in [-0.15, -0.1) is 10.2 Å². The lowest BCUT2D eigenvalue weighted by molar-refractivity contribution is 0.0537. The second-order valence-electron chi connectivity index (χ2n) is 6.49. The molecule has 0 radical (unpaired) electrons. The van der Waals surface area contributed by atoms with Crippen LogP contribution in [0.2, 0.25) is 0 Å². The van der Waals surface area contributed by atoms with Gasteiger partial charge in [-0.1, -0.05) is 0 Å². The summed E-state index contributed by atoms with van der Waals surface area (Å²) in [5, 5.41) is 27.6. The first-order chi connectivity index (χ1) is 11.6. The molecule has 1 aliphatic rings. The zero-order chi connectivity index (χ0) is 17.1. The number of aryl methyl sites for hydroxylation is 1. The normalized spacial score (nSPS) is 19.3. The van der Waals surface area contributed by atoms with Crippen LogP contribution in [-0.2, 0) is 13.6 Å². The quantitative estimate of drug-likeness (QED) is 0.766. The highest BCUT2D eigenvalue weighted by atomic mass is 16.3. The molecule has 0 amide bonds. The molecule has 1 atom stereocenters. The Morgan fingerprint density at radius 3 is 2.75 bits per heavy atom. The Labute approximate surface area is 141 Å². The molecule has 24 heavy (non-hydrogen) atoms. The summed E-state index contributed by atoms with van der Waals surface area (Å²) in [6.07, 6.45) is 5.81. The van der Waals surface area contributed by atoms with Gasteiger partial charge in [-0.25, -0.2) is 4.98 Å². The second-order valence-corrected chi connectivity index (χ2v) is 6.49. The van der Waals surface area contributed by atoms with Crippen LogP contribution in [0.3, 0.4) is 0 Å².